The number of hydrogen-bond donors (Lipinski definition) is 9. The molecular formula is C13H29N9O3. The lowest BCUT2D eigenvalue weighted by Gasteiger charge is -2.20. The van der Waals surface area contributed by atoms with Crippen LogP contribution in [0.1, 0.15) is 19.8 Å². The lowest BCUT2D eigenvalue weighted by molar-refractivity contribution is 0.229. The van der Waals surface area contributed by atoms with E-state index in [1.54, 1.807) is 6.92 Å². The molecule has 0 saturated carbocycles. The molecule has 0 aliphatic carbocycles. The zero-order valence-corrected chi connectivity index (χ0v) is 14.6. The fraction of sp³-hybridized carbons (Fsp3) is 0.692. The number of urea groups is 3. The van der Waals surface area contributed by atoms with Crippen LogP contribution in [0.4, 0.5) is 14.4 Å². The maximum absolute atomic E-state index is 11.9. The summed E-state index contributed by atoms with van der Waals surface area (Å²) in [5, 5.41) is 22.6. The number of carbonyl (C=O) groups is 3. The smallest absolute Gasteiger partial charge is 0.315 e. The lowest BCUT2D eigenvalue weighted by Crippen LogP contribution is -2.51. The molecule has 2 atom stereocenters. The maximum atomic E-state index is 11.9. The SMILES string of the molecule is CNC(=O)N[C@@H](C)CNC(=O)N[C@@H](CCCNC(=N)N)CNC(N)=O. The van der Waals surface area contributed by atoms with Crippen LogP contribution in [0, 0.1) is 5.41 Å². The molecule has 0 fully saturated rings. The molecule has 0 aromatic rings. The Morgan fingerprint density at radius 3 is 2.24 bits per heavy atom. The molecule has 11 N–H and O–H groups in total. The third-order valence-corrected chi connectivity index (χ3v) is 3.08. The minimum absolute atomic E-state index is 0.130. The largest absolute Gasteiger partial charge is 0.370 e. The van der Waals surface area contributed by atoms with Gasteiger partial charge in [-0.25, -0.2) is 14.4 Å². The van der Waals surface area contributed by atoms with Crippen molar-refractivity contribution in [2.75, 3.05) is 26.7 Å². The summed E-state index contributed by atoms with van der Waals surface area (Å²) in [5.41, 5.74) is 10.2. The van der Waals surface area contributed by atoms with E-state index in [1.165, 1.54) is 7.05 Å². The molecule has 0 rings (SSSR count). The van der Waals surface area contributed by atoms with E-state index in [0.717, 1.165) is 0 Å². The molecule has 25 heavy (non-hydrogen) atoms. The molecule has 0 heterocycles. The van der Waals surface area contributed by atoms with Gasteiger partial charge in [0.1, 0.15) is 0 Å². The van der Waals surface area contributed by atoms with Crippen molar-refractivity contribution in [1.82, 2.24) is 31.9 Å². The summed E-state index contributed by atoms with van der Waals surface area (Å²) in [6.45, 7) is 2.63. The van der Waals surface area contributed by atoms with E-state index >= 15 is 0 Å². The molecule has 0 unspecified atom stereocenters. The van der Waals surface area contributed by atoms with Crippen LogP contribution in [0.3, 0.4) is 0 Å². The second-order valence-electron chi connectivity index (χ2n) is 5.40. The number of guanidine groups is 1. The van der Waals surface area contributed by atoms with E-state index in [0.29, 0.717) is 19.4 Å². The van der Waals surface area contributed by atoms with E-state index in [9.17, 15) is 14.4 Å². The normalized spacial score (nSPS) is 12.2. The summed E-state index contributed by atoms with van der Waals surface area (Å²) >= 11 is 0. The first kappa shape index (κ1) is 22.1. The van der Waals surface area contributed by atoms with Gasteiger partial charge < -0.3 is 43.4 Å². The third-order valence-electron chi connectivity index (χ3n) is 3.08. The zero-order chi connectivity index (χ0) is 19.2. The van der Waals surface area contributed by atoms with Crippen molar-refractivity contribution in [2.24, 2.45) is 11.5 Å². The topological polar surface area (TPSA) is 199 Å². The molecule has 0 bridgehead atoms. The van der Waals surface area contributed by atoms with E-state index in [2.05, 4.69) is 31.9 Å². The van der Waals surface area contributed by atoms with Gasteiger partial charge >= 0.3 is 18.1 Å². The minimum Gasteiger partial charge on any atom is -0.370 e. The number of rotatable bonds is 10. The first-order valence-corrected chi connectivity index (χ1v) is 7.88. The Bertz CT molecular complexity index is 458. The molecule has 0 aliphatic rings. The molecule has 6 amide bonds. The highest BCUT2D eigenvalue weighted by Crippen LogP contribution is 1.96. The second-order valence-corrected chi connectivity index (χ2v) is 5.40. The summed E-state index contributed by atoms with van der Waals surface area (Å²) in [6.07, 6.45) is 1.17. The Kier molecular flexibility index (Phi) is 11.0. The van der Waals surface area contributed by atoms with Crippen LogP contribution in [0.15, 0.2) is 0 Å². The van der Waals surface area contributed by atoms with E-state index < -0.39 is 12.1 Å². The molecule has 0 aromatic carbocycles. The summed E-state index contributed by atoms with van der Waals surface area (Å²) in [6, 6.07) is -2.05. The zero-order valence-electron chi connectivity index (χ0n) is 14.6. The highest BCUT2D eigenvalue weighted by molar-refractivity contribution is 5.76. The Morgan fingerprint density at radius 1 is 1.00 bits per heavy atom. The Hall–Kier alpha value is -2.92. The number of nitrogens with two attached hydrogens (primary N) is 2. The van der Waals surface area contributed by atoms with Crippen LogP contribution in [0.2, 0.25) is 0 Å². The Labute approximate surface area is 146 Å². The average molecular weight is 359 g/mol. The van der Waals surface area contributed by atoms with Crippen molar-refractivity contribution in [3.8, 4) is 0 Å². The van der Waals surface area contributed by atoms with Crippen molar-refractivity contribution in [3.05, 3.63) is 0 Å². The van der Waals surface area contributed by atoms with Gasteiger partial charge in [-0.15, -0.1) is 0 Å². The quantitative estimate of drug-likeness (QED) is 0.122. The number of amides is 6. The molecule has 12 heteroatoms. The molecule has 12 nitrogen and oxygen atoms in total. The van der Waals surface area contributed by atoms with Gasteiger partial charge in [0, 0.05) is 38.8 Å². The maximum Gasteiger partial charge on any atom is 0.315 e. The summed E-state index contributed by atoms with van der Waals surface area (Å²) in [7, 11) is 1.50. The first-order valence-electron chi connectivity index (χ1n) is 7.88. The highest BCUT2D eigenvalue weighted by Gasteiger charge is 2.14. The van der Waals surface area contributed by atoms with E-state index in [1.807, 2.05) is 0 Å². The van der Waals surface area contributed by atoms with Gasteiger partial charge in [-0.2, -0.15) is 0 Å². The van der Waals surface area contributed by atoms with Crippen LogP contribution in [0.25, 0.3) is 0 Å². The highest BCUT2D eigenvalue weighted by atomic mass is 16.2. The molecule has 0 saturated heterocycles. The van der Waals surface area contributed by atoms with Crippen molar-refractivity contribution in [1.29, 1.82) is 5.41 Å². The minimum atomic E-state index is -0.683. The first-order chi connectivity index (χ1) is 11.7. The summed E-state index contributed by atoms with van der Waals surface area (Å²) in [5.74, 6) is -0.130. The van der Waals surface area contributed by atoms with Crippen LogP contribution in [0.5, 0.6) is 0 Å². The average Bonchev–Trinajstić information content (AvgIpc) is 2.53. The molecule has 0 radical (unpaired) electrons. The third kappa shape index (κ3) is 13.2. The summed E-state index contributed by atoms with van der Waals surface area (Å²) in [4.78, 5) is 33.9. The van der Waals surface area contributed by atoms with Gasteiger partial charge in [0.2, 0.25) is 0 Å². The predicted octanol–water partition coefficient (Wildman–Crippen LogP) is -2.10. The van der Waals surface area contributed by atoms with E-state index in [-0.39, 0.29) is 37.2 Å². The molecule has 144 valence electrons. The Morgan fingerprint density at radius 2 is 1.68 bits per heavy atom. The van der Waals surface area contributed by atoms with Crippen LogP contribution in [-0.4, -0.2) is 62.8 Å². The predicted molar refractivity (Wildman–Crippen MR) is 94.1 cm³/mol. The second kappa shape index (κ2) is 12.5. The van der Waals surface area contributed by atoms with Gasteiger partial charge in [0.25, 0.3) is 0 Å². The van der Waals surface area contributed by atoms with Crippen molar-refractivity contribution < 1.29 is 14.4 Å². The fourth-order valence-corrected chi connectivity index (χ4v) is 1.85. The van der Waals surface area contributed by atoms with Crippen LogP contribution >= 0.6 is 0 Å². The van der Waals surface area contributed by atoms with Gasteiger partial charge in [-0.1, -0.05) is 0 Å². The fourth-order valence-electron chi connectivity index (χ4n) is 1.85. The van der Waals surface area contributed by atoms with Crippen molar-refractivity contribution in [2.45, 2.75) is 31.8 Å². The number of carbonyl (C=O) groups excluding carboxylic acids is 3. The number of hydrogen-bond acceptors (Lipinski definition) is 4. The Balaban J connectivity index is 4.26. The monoisotopic (exact) mass is 359 g/mol. The molecule has 0 aromatic heterocycles. The number of nitrogens with one attached hydrogen (secondary N) is 7. The number of primary amides is 1. The summed E-state index contributed by atoms with van der Waals surface area (Å²) < 4.78 is 0. The molecule has 0 spiro atoms. The lowest BCUT2D eigenvalue weighted by atomic mass is 10.1. The molecule has 0 aliphatic heterocycles. The van der Waals surface area contributed by atoms with Gasteiger partial charge in [-0.05, 0) is 19.8 Å². The van der Waals surface area contributed by atoms with Gasteiger partial charge in [-0.3, -0.25) is 5.41 Å². The van der Waals surface area contributed by atoms with Crippen molar-refractivity contribution in [3.63, 3.8) is 0 Å². The molecular weight excluding hydrogens is 330 g/mol. The van der Waals surface area contributed by atoms with Crippen LogP contribution in [-0.2, 0) is 0 Å². The van der Waals surface area contributed by atoms with Crippen molar-refractivity contribution >= 4 is 24.1 Å². The van der Waals surface area contributed by atoms with Gasteiger partial charge in [0.15, 0.2) is 5.96 Å². The van der Waals surface area contributed by atoms with E-state index in [4.69, 9.17) is 16.9 Å². The van der Waals surface area contributed by atoms with Crippen LogP contribution < -0.4 is 43.4 Å². The van der Waals surface area contributed by atoms with Gasteiger partial charge in [0.05, 0.1) is 0 Å². The standard InChI is InChI=1S/C13H29N9O3/c1-8(21-12(24)17-2)6-20-13(25)22-9(7-19-11(16)23)4-3-5-18-10(14)15/h8-9H,3-7H2,1-2H3,(H4,14,15,18)(H3,16,19,23)(H2,17,21,24)(H2,20,22,25)/t8-,9-/m0/s1.